The highest BCUT2D eigenvalue weighted by molar-refractivity contribution is 7.97. The third-order valence-corrected chi connectivity index (χ3v) is 5.80. The Bertz CT molecular complexity index is 863. The van der Waals surface area contributed by atoms with Crippen LogP contribution in [0.3, 0.4) is 0 Å². The predicted octanol–water partition coefficient (Wildman–Crippen LogP) is 6.58. The SMILES string of the molecule is FC(F)(F)Oc1ccc([S+](c2ccccc2)c2ccc(OC(F)(F)F)cc2)cc1. The molecular weight excluding hydrogens is 418 g/mol. The van der Waals surface area contributed by atoms with Gasteiger partial charge in [-0.15, -0.1) is 26.3 Å². The van der Waals surface area contributed by atoms with E-state index in [1.165, 1.54) is 48.5 Å². The zero-order valence-corrected chi connectivity index (χ0v) is 15.3. The summed E-state index contributed by atoms with van der Waals surface area (Å²) in [5.74, 6) is -0.710. The van der Waals surface area contributed by atoms with Gasteiger partial charge in [-0.1, -0.05) is 18.2 Å². The quantitative estimate of drug-likeness (QED) is 0.336. The largest absolute Gasteiger partial charge is 0.573 e. The fraction of sp³-hybridized carbons (Fsp3) is 0.100. The second kappa shape index (κ2) is 8.28. The second-order valence-electron chi connectivity index (χ2n) is 5.66. The molecule has 0 bridgehead atoms. The van der Waals surface area contributed by atoms with E-state index in [2.05, 4.69) is 9.47 Å². The van der Waals surface area contributed by atoms with Crippen LogP contribution >= 0.6 is 0 Å². The average Bonchev–Trinajstić information content (AvgIpc) is 2.63. The number of benzene rings is 3. The van der Waals surface area contributed by atoms with Crippen molar-refractivity contribution in [1.29, 1.82) is 0 Å². The summed E-state index contributed by atoms with van der Waals surface area (Å²) in [4.78, 5) is 2.20. The van der Waals surface area contributed by atoms with Crippen molar-refractivity contribution >= 4 is 10.9 Å². The fourth-order valence-corrected chi connectivity index (χ4v) is 4.58. The van der Waals surface area contributed by atoms with E-state index in [1.54, 1.807) is 12.1 Å². The number of hydrogen-bond acceptors (Lipinski definition) is 2. The molecule has 9 heteroatoms. The summed E-state index contributed by atoms with van der Waals surface area (Å²) in [6.07, 6.45) is -9.59. The summed E-state index contributed by atoms with van der Waals surface area (Å²) >= 11 is 0. The van der Waals surface area contributed by atoms with Crippen molar-refractivity contribution in [2.75, 3.05) is 0 Å². The zero-order chi connectivity index (χ0) is 21.1. The molecule has 152 valence electrons. The molecule has 0 amide bonds. The average molecular weight is 431 g/mol. The maximum Gasteiger partial charge on any atom is 0.573 e. The Labute approximate surface area is 165 Å². The lowest BCUT2D eigenvalue weighted by Crippen LogP contribution is -2.17. The van der Waals surface area contributed by atoms with Crippen molar-refractivity contribution in [3.05, 3.63) is 78.9 Å². The minimum atomic E-state index is -4.79. The molecule has 0 unspecified atom stereocenters. The van der Waals surface area contributed by atoms with Crippen LogP contribution in [0.25, 0.3) is 0 Å². The molecule has 29 heavy (non-hydrogen) atoms. The third kappa shape index (κ3) is 6.08. The smallest absolute Gasteiger partial charge is 0.406 e. The van der Waals surface area contributed by atoms with Gasteiger partial charge in [0, 0.05) is 0 Å². The van der Waals surface area contributed by atoms with Crippen LogP contribution in [-0.4, -0.2) is 12.7 Å². The lowest BCUT2D eigenvalue weighted by atomic mass is 10.3. The summed E-state index contributed by atoms with van der Waals surface area (Å²) in [5, 5.41) is 0. The van der Waals surface area contributed by atoms with Crippen LogP contribution in [-0.2, 0) is 10.9 Å². The summed E-state index contributed by atoms with van der Waals surface area (Å²) < 4.78 is 82.0. The molecule has 0 aliphatic carbocycles. The van der Waals surface area contributed by atoms with Gasteiger partial charge in [-0.2, -0.15) is 0 Å². The second-order valence-corrected chi connectivity index (χ2v) is 7.68. The fourth-order valence-electron chi connectivity index (χ4n) is 2.52. The van der Waals surface area contributed by atoms with Crippen LogP contribution in [0, 0.1) is 0 Å². The molecule has 0 spiro atoms. The normalized spacial score (nSPS) is 12.1. The Kier molecular flexibility index (Phi) is 5.97. The highest BCUT2D eigenvalue weighted by Crippen LogP contribution is 2.34. The van der Waals surface area contributed by atoms with Gasteiger partial charge < -0.3 is 9.47 Å². The minimum Gasteiger partial charge on any atom is -0.406 e. The van der Waals surface area contributed by atoms with Gasteiger partial charge in [0.2, 0.25) is 0 Å². The lowest BCUT2D eigenvalue weighted by molar-refractivity contribution is -0.275. The van der Waals surface area contributed by atoms with Gasteiger partial charge in [-0.05, 0) is 60.7 Å². The number of alkyl halides is 6. The van der Waals surface area contributed by atoms with Crippen molar-refractivity contribution in [1.82, 2.24) is 0 Å². The van der Waals surface area contributed by atoms with Crippen LogP contribution < -0.4 is 9.47 Å². The Morgan fingerprint density at radius 1 is 0.483 bits per heavy atom. The van der Waals surface area contributed by atoms with Crippen LogP contribution in [0.5, 0.6) is 11.5 Å². The standard InChI is InChI=1S/C20H13F6O2S/c21-19(22,23)27-14-6-10-17(11-7-14)29(16-4-2-1-3-5-16)18-12-8-15(9-13-18)28-20(24,25)26/h1-13H/q+1. The van der Waals surface area contributed by atoms with E-state index < -0.39 is 23.6 Å². The van der Waals surface area contributed by atoms with Crippen molar-refractivity contribution in [3.8, 4) is 11.5 Å². The zero-order valence-electron chi connectivity index (χ0n) is 14.5. The first kappa shape index (κ1) is 20.9. The van der Waals surface area contributed by atoms with Gasteiger partial charge in [0.25, 0.3) is 0 Å². The minimum absolute atomic E-state index is 0.355. The molecule has 0 N–H and O–H groups in total. The van der Waals surface area contributed by atoms with Crippen LogP contribution in [0.4, 0.5) is 26.3 Å². The molecule has 3 rings (SSSR count). The maximum atomic E-state index is 12.4. The molecule has 0 saturated heterocycles. The highest BCUT2D eigenvalue weighted by atomic mass is 32.2. The Morgan fingerprint density at radius 3 is 1.17 bits per heavy atom. The first-order valence-electron chi connectivity index (χ1n) is 8.12. The number of halogens is 6. The molecule has 0 fully saturated rings. The molecule has 0 aromatic heterocycles. The van der Waals surface area contributed by atoms with E-state index in [1.807, 2.05) is 18.2 Å². The van der Waals surface area contributed by atoms with Gasteiger partial charge in [0.05, 0.1) is 10.9 Å². The van der Waals surface area contributed by atoms with Crippen LogP contribution in [0.15, 0.2) is 93.5 Å². The lowest BCUT2D eigenvalue weighted by Gasteiger charge is -2.12. The Hall–Kier alpha value is -2.81. The Morgan fingerprint density at radius 2 is 0.828 bits per heavy atom. The van der Waals surface area contributed by atoms with Crippen molar-refractivity contribution in [3.63, 3.8) is 0 Å². The summed E-state index contributed by atoms with van der Waals surface area (Å²) in [6, 6.07) is 19.9. The molecule has 2 nitrogen and oxygen atoms in total. The van der Waals surface area contributed by atoms with Gasteiger partial charge in [0.1, 0.15) is 11.5 Å². The van der Waals surface area contributed by atoms with E-state index in [-0.39, 0.29) is 11.5 Å². The molecule has 3 aromatic carbocycles. The molecule has 3 aromatic rings. The van der Waals surface area contributed by atoms with Crippen molar-refractivity contribution < 1.29 is 35.8 Å². The highest BCUT2D eigenvalue weighted by Gasteiger charge is 2.34. The summed E-state index contributed by atoms with van der Waals surface area (Å²) in [7, 11) is -0.751. The monoisotopic (exact) mass is 431 g/mol. The van der Waals surface area contributed by atoms with E-state index in [9.17, 15) is 26.3 Å². The van der Waals surface area contributed by atoms with E-state index >= 15 is 0 Å². The first-order valence-corrected chi connectivity index (χ1v) is 9.34. The summed E-state index contributed by atoms with van der Waals surface area (Å²) in [6.45, 7) is 0. The van der Waals surface area contributed by atoms with Gasteiger partial charge >= 0.3 is 12.7 Å². The molecular formula is C20H13F6O2S+. The van der Waals surface area contributed by atoms with E-state index in [0.29, 0.717) is 9.79 Å². The maximum absolute atomic E-state index is 12.4. The van der Waals surface area contributed by atoms with Crippen LogP contribution in [0.2, 0.25) is 0 Å². The van der Waals surface area contributed by atoms with Gasteiger partial charge in [-0.25, -0.2) is 0 Å². The van der Waals surface area contributed by atoms with E-state index in [0.717, 1.165) is 4.90 Å². The number of rotatable bonds is 5. The van der Waals surface area contributed by atoms with Crippen molar-refractivity contribution in [2.24, 2.45) is 0 Å². The summed E-state index contributed by atoms with van der Waals surface area (Å²) in [5.41, 5.74) is 0. The topological polar surface area (TPSA) is 18.5 Å². The third-order valence-electron chi connectivity index (χ3n) is 3.56. The number of ether oxygens (including phenoxy) is 2. The van der Waals surface area contributed by atoms with Gasteiger partial charge in [-0.3, -0.25) is 0 Å². The Balaban J connectivity index is 1.94. The number of hydrogen-bond donors (Lipinski definition) is 0. The first-order chi connectivity index (χ1) is 13.6. The van der Waals surface area contributed by atoms with E-state index in [4.69, 9.17) is 0 Å². The van der Waals surface area contributed by atoms with Crippen LogP contribution in [0.1, 0.15) is 0 Å². The molecule has 0 aliphatic heterocycles. The van der Waals surface area contributed by atoms with Crippen molar-refractivity contribution in [2.45, 2.75) is 27.4 Å². The molecule has 0 radical (unpaired) electrons. The molecule has 0 atom stereocenters. The molecule has 0 saturated carbocycles. The predicted molar refractivity (Wildman–Crippen MR) is 94.9 cm³/mol. The molecule has 0 heterocycles. The van der Waals surface area contributed by atoms with Gasteiger partial charge in [0.15, 0.2) is 14.7 Å². The molecule has 0 aliphatic rings.